The SMILES string of the molecule is Cl.O=C(NCCCCN1CCCC1)c1ccc2nsnc2c1. The van der Waals surface area contributed by atoms with Crippen molar-refractivity contribution in [3.05, 3.63) is 23.8 Å². The van der Waals surface area contributed by atoms with Crippen molar-refractivity contribution < 1.29 is 4.79 Å². The Labute approximate surface area is 140 Å². The highest BCUT2D eigenvalue weighted by molar-refractivity contribution is 7.00. The molecule has 0 aliphatic carbocycles. The average Bonchev–Trinajstić information content (AvgIpc) is 3.17. The number of amides is 1. The fraction of sp³-hybridized carbons (Fsp3) is 0.533. The monoisotopic (exact) mass is 340 g/mol. The quantitative estimate of drug-likeness (QED) is 0.821. The van der Waals surface area contributed by atoms with E-state index in [-0.39, 0.29) is 18.3 Å². The molecule has 0 unspecified atom stereocenters. The van der Waals surface area contributed by atoms with Crippen molar-refractivity contribution in [2.24, 2.45) is 0 Å². The Hall–Kier alpha value is -1.24. The van der Waals surface area contributed by atoms with Crippen LogP contribution in [0.2, 0.25) is 0 Å². The predicted molar refractivity (Wildman–Crippen MR) is 91.9 cm³/mol. The zero-order valence-electron chi connectivity index (χ0n) is 12.5. The van der Waals surface area contributed by atoms with E-state index in [1.165, 1.54) is 37.7 Å². The second kappa shape index (κ2) is 8.41. The van der Waals surface area contributed by atoms with Gasteiger partial charge in [-0.05, 0) is 63.5 Å². The molecule has 0 atom stereocenters. The molecule has 0 bridgehead atoms. The molecule has 1 aromatic heterocycles. The third-order valence-corrected chi connectivity index (χ3v) is 4.46. The van der Waals surface area contributed by atoms with Crippen LogP contribution in [0.5, 0.6) is 0 Å². The van der Waals surface area contributed by atoms with Crippen LogP contribution in [-0.4, -0.2) is 45.7 Å². The molecule has 1 aliphatic heterocycles. The van der Waals surface area contributed by atoms with E-state index in [0.29, 0.717) is 5.56 Å². The summed E-state index contributed by atoms with van der Waals surface area (Å²) in [4.78, 5) is 14.6. The maximum absolute atomic E-state index is 12.1. The van der Waals surface area contributed by atoms with Gasteiger partial charge in [-0.2, -0.15) is 8.75 Å². The normalized spacial score (nSPS) is 14.9. The fourth-order valence-electron chi connectivity index (χ4n) is 2.69. The van der Waals surface area contributed by atoms with Crippen molar-refractivity contribution in [2.45, 2.75) is 25.7 Å². The Morgan fingerprint density at radius 1 is 1.18 bits per heavy atom. The number of unbranched alkanes of at least 4 members (excludes halogenated alkanes) is 1. The van der Waals surface area contributed by atoms with Crippen molar-refractivity contribution in [1.82, 2.24) is 19.0 Å². The first-order valence-electron chi connectivity index (χ1n) is 7.56. The van der Waals surface area contributed by atoms with Crippen LogP contribution in [0.1, 0.15) is 36.0 Å². The van der Waals surface area contributed by atoms with Gasteiger partial charge in [0.05, 0.1) is 11.7 Å². The molecular formula is C15H21ClN4OS. The summed E-state index contributed by atoms with van der Waals surface area (Å²) in [6.07, 6.45) is 4.85. The fourth-order valence-corrected chi connectivity index (χ4v) is 3.21. The van der Waals surface area contributed by atoms with E-state index < -0.39 is 0 Å². The van der Waals surface area contributed by atoms with Crippen LogP contribution in [0.3, 0.4) is 0 Å². The molecule has 2 heterocycles. The van der Waals surface area contributed by atoms with Crippen LogP contribution < -0.4 is 5.32 Å². The molecular weight excluding hydrogens is 320 g/mol. The Bertz CT molecular complexity index is 612. The Morgan fingerprint density at radius 3 is 2.77 bits per heavy atom. The van der Waals surface area contributed by atoms with E-state index in [1.54, 1.807) is 6.07 Å². The molecule has 2 aromatic rings. The Kier molecular flexibility index (Phi) is 6.54. The molecule has 0 saturated carbocycles. The zero-order chi connectivity index (χ0) is 14.5. The minimum absolute atomic E-state index is 0. The average molecular weight is 341 g/mol. The summed E-state index contributed by atoms with van der Waals surface area (Å²) >= 11 is 1.17. The number of likely N-dealkylation sites (tertiary alicyclic amines) is 1. The lowest BCUT2D eigenvalue weighted by atomic mass is 10.2. The standard InChI is InChI=1S/C15H20N4OS.ClH/c20-15(12-5-6-13-14(11-12)18-21-17-13)16-7-1-2-8-19-9-3-4-10-19;/h5-6,11H,1-4,7-10H2,(H,16,20);1H. The Balaban J connectivity index is 0.00000176. The van der Waals surface area contributed by atoms with Crippen molar-refractivity contribution in [3.8, 4) is 0 Å². The highest BCUT2D eigenvalue weighted by Crippen LogP contribution is 2.13. The van der Waals surface area contributed by atoms with Crippen LogP contribution in [-0.2, 0) is 0 Å². The number of aromatic nitrogens is 2. The van der Waals surface area contributed by atoms with Gasteiger partial charge in [0.25, 0.3) is 5.91 Å². The molecule has 1 amide bonds. The van der Waals surface area contributed by atoms with Crippen LogP contribution in [0.25, 0.3) is 11.0 Å². The van der Waals surface area contributed by atoms with Crippen molar-refractivity contribution in [1.29, 1.82) is 0 Å². The van der Waals surface area contributed by atoms with Crippen LogP contribution in [0.15, 0.2) is 18.2 Å². The van der Waals surface area contributed by atoms with Gasteiger partial charge < -0.3 is 10.2 Å². The smallest absolute Gasteiger partial charge is 0.251 e. The first kappa shape index (κ1) is 17.1. The highest BCUT2D eigenvalue weighted by Gasteiger charge is 2.11. The minimum atomic E-state index is -0.0222. The second-order valence-electron chi connectivity index (χ2n) is 5.48. The molecule has 1 aliphatic rings. The van der Waals surface area contributed by atoms with E-state index in [0.717, 1.165) is 37.0 Å². The number of halogens is 1. The van der Waals surface area contributed by atoms with Gasteiger partial charge in [0.1, 0.15) is 11.0 Å². The summed E-state index contributed by atoms with van der Waals surface area (Å²) in [5, 5.41) is 2.98. The van der Waals surface area contributed by atoms with Gasteiger partial charge in [-0.25, -0.2) is 0 Å². The highest BCUT2D eigenvalue weighted by atomic mass is 35.5. The summed E-state index contributed by atoms with van der Waals surface area (Å²) in [5.74, 6) is -0.0222. The largest absolute Gasteiger partial charge is 0.352 e. The lowest BCUT2D eigenvalue weighted by molar-refractivity contribution is 0.0953. The molecule has 1 aromatic carbocycles. The summed E-state index contributed by atoms with van der Waals surface area (Å²) in [5.41, 5.74) is 2.30. The maximum Gasteiger partial charge on any atom is 0.251 e. The van der Waals surface area contributed by atoms with Gasteiger partial charge in [-0.15, -0.1) is 12.4 Å². The number of rotatable bonds is 6. The van der Waals surface area contributed by atoms with Crippen molar-refractivity contribution >= 4 is 41.1 Å². The molecule has 120 valence electrons. The third kappa shape index (κ3) is 4.38. The van der Waals surface area contributed by atoms with Crippen molar-refractivity contribution in [2.75, 3.05) is 26.2 Å². The second-order valence-corrected chi connectivity index (χ2v) is 6.01. The molecule has 1 fully saturated rings. The van der Waals surface area contributed by atoms with Crippen LogP contribution in [0, 0.1) is 0 Å². The molecule has 3 rings (SSSR count). The first-order valence-corrected chi connectivity index (χ1v) is 8.29. The van der Waals surface area contributed by atoms with Gasteiger partial charge >= 0.3 is 0 Å². The molecule has 1 saturated heterocycles. The lowest BCUT2D eigenvalue weighted by Crippen LogP contribution is -2.26. The summed E-state index contributed by atoms with van der Waals surface area (Å²) in [7, 11) is 0. The number of benzene rings is 1. The zero-order valence-corrected chi connectivity index (χ0v) is 14.1. The molecule has 1 N–H and O–H groups in total. The molecule has 7 heteroatoms. The number of carbonyl (C=O) groups excluding carboxylic acids is 1. The van der Waals surface area contributed by atoms with E-state index in [9.17, 15) is 4.79 Å². The van der Waals surface area contributed by atoms with Gasteiger partial charge in [-0.1, -0.05) is 0 Å². The van der Waals surface area contributed by atoms with E-state index in [2.05, 4.69) is 19.0 Å². The summed E-state index contributed by atoms with van der Waals surface area (Å²) < 4.78 is 8.30. The van der Waals surface area contributed by atoms with E-state index in [1.807, 2.05) is 12.1 Å². The molecule has 0 spiro atoms. The van der Waals surface area contributed by atoms with Gasteiger partial charge in [-0.3, -0.25) is 4.79 Å². The van der Waals surface area contributed by atoms with E-state index >= 15 is 0 Å². The number of hydrogen-bond acceptors (Lipinski definition) is 5. The summed E-state index contributed by atoms with van der Waals surface area (Å²) in [6.45, 7) is 4.38. The molecule has 0 radical (unpaired) electrons. The molecule has 5 nitrogen and oxygen atoms in total. The van der Waals surface area contributed by atoms with E-state index in [4.69, 9.17) is 0 Å². The number of carbonyl (C=O) groups is 1. The van der Waals surface area contributed by atoms with Crippen molar-refractivity contribution in [3.63, 3.8) is 0 Å². The number of nitrogens with one attached hydrogen (secondary N) is 1. The topological polar surface area (TPSA) is 58.1 Å². The maximum atomic E-state index is 12.1. The summed E-state index contributed by atoms with van der Waals surface area (Å²) in [6, 6.07) is 5.46. The first-order chi connectivity index (χ1) is 10.3. The van der Waals surface area contributed by atoms with Crippen LogP contribution in [0.4, 0.5) is 0 Å². The number of fused-ring (bicyclic) bond motifs is 1. The van der Waals surface area contributed by atoms with Gasteiger partial charge in [0, 0.05) is 12.1 Å². The molecule has 22 heavy (non-hydrogen) atoms. The number of hydrogen-bond donors (Lipinski definition) is 1. The third-order valence-electron chi connectivity index (χ3n) is 3.90. The van der Waals surface area contributed by atoms with Crippen LogP contribution >= 0.6 is 24.1 Å². The Morgan fingerprint density at radius 2 is 1.95 bits per heavy atom. The number of nitrogens with zero attached hydrogens (tertiary/aromatic N) is 3. The van der Waals surface area contributed by atoms with Gasteiger partial charge in [0.15, 0.2) is 0 Å². The minimum Gasteiger partial charge on any atom is -0.352 e. The lowest BCUT2D eigenvalue weighted by Gasteiger charge is -2.14. The van der Waals surface area contributed by atoms with Gasteiger partial charge in [0.2, 0.25) is 0 Å². The predicted octanol–water partition coefficient (Wildman–Crippen LogP) is 2.72.